The molecule has 26 heavy (non-hydrogen) atoms. The molecule has 0 fully saturated rings. The van der Waals surface area contributed by atoms with Crippen LogP contribution in [0.15, 0.2) is 107 Å². The number of hydrazone groups is 1. The highest BCUT2D eigenvalue weighted by atomic mass is 79.9. The third kappa shape index (κ3) is 3.53. The first-order valence-corrected chi connectivity index (χ1v) is 9.23. The zero-order valence-corrected chi connectivity index (χ0v) is 15.6. The molecule has 0 amide bonds. The van der Waals surface area contributed by atoms with Crippen molar-refractivity contribution in [1.82, 2.24) is 0 Å². The molecule has 2 nitrogen and oxygen atoms in total. The monoisotopic (exact) mass is 400 g/mol. The van der Waals surface area contributed by atoms with Gasteiger partial charge >= 0.3 is 0 Å². The summed E-state index contributed by atoms with van der Waals surface area (Å²) in [6.07, 6.45) is 0. The Bertz CT molecular complexity index is 1050. The lowest BCUT2D eigenvalue weighted by molar-refractivity contribution is 1.33. The van der Waals surface area contributed by atoms with Gasteiger partial charge in [-0.3, -0.25) is 5.43 Å². The van der Waals surface area contributed by atoms with E-state index in [1.165, 1.54) is 5.39 Å². The first-order valence-electron chi connectivity index (χ1n) is 8.44. The van der Waals surface area contributed by atoms with Gasteiger partial charge in [-0.05, 0) is 23.6 Å². The maximum absolute atomic E-state index is 4.77. The Morgan fingerprint density at radius 1 is 0.654 bits per heavy atom. The minimum atomic E-state index is 0.908. The molecule has 0 atom stereocenters. The number of hydrogen-bond acceptors (Lipinski definition) is 2. The number of nitrogens with one attached hydrogen (secondary N) is 1. The van der Waals surface area contributed by atoms with Gasteiger partial charge in [0.1, 0.15) is 0 Å². The van der Waals surface area contributed by atoms with Gasteiger partial charge in [0.05, 0.1) is 11.4 Å². The van der Waals surface area contributed by atoms with Crippen LogP contribution >= 0.6 is 15.9 Å². The molecule has 0 unspecified atom stereocenters. The van der Waals surface area contributed by atoms with E-state index in [0.717, 1.165) is 32.4 Å². The maximum atomic E-state index is 4.77. The Labute approximate surface area is 161 Å². The normalized spacial score (nSPS) is 11.5. The lowest BCUT2D eigenvalue weighted by Gasteiger charge is -2.10. The quantitative estimate of drug-likeness (QED) is 0.308. The fraction of sp³-hybridized carbons (Fsp3) is 0. The molecule has 0 bridgehead atoms. The van der Waals surface area contributed by atoms with Gasteiger partial charge < -0.3 is 0 Å². The predicted molar refractivity (Wildman–Crippen MR) is 114 cm³/mol. The summed E-state index contributed by atoms with van der Waals surface area (Å²) in [4.78, 5) is 0. The van der Waals surface area contributed by atoms with Crippen molar-refractivity contribution in [3.05, 3.63) is 113 Å². The standard InChI is InChI=1S/C23H17BrN2/c24-20-15-13-19(14-16-20)23(18-8-2-1-3-9-18)26-25-22-12-6-10-17-7-4-5-11-21(17)22/h1-16,25H. The van der Waals surface area contributed by atoms with E-state index in [2.05, 4.69) is 69.9 Å². The van der Waals surface area contributed by atoms with Crippen LogP contribution in [0.1, 0.15) is 11.1 Å². The van der Waals surface area contributed by atoms with Crippen LogP contribution in [0.2, 0.25) is 0 Å². The highest BCUT2D eigenvalue weighted by molar-refractivity contribution is 9.10. The molecule has 0 saturated carbocycles. The SMILES string of the molecule is Brc1ccc(C(=NNc2cccc3ccccc23)c2ccccc2)cc1. The number of rotatable bonds is 4. The van der Waals surface area contributed by atoms with E-state index in [0.29, 0.717) is 0 Å². The van der Waals surface area contributed by atoms with Gasteiger partial charge in [0.2, 0.25) is 0 Å². The zero-order chi connectivity index (χ0) is 17.8. The Balaban J connectivity index is 1.77. The summed E-state index contributed by atoms with van der Waals surface area (Å²) >= 11 is 3.50. The van der Waals surface area contributed by atoms with Crippen molar-refractivity contribution >= 4 is 38.1 Å². The van der Waals surface area contributed by atoms with Gasteiger partial charge in [0.15, 0.2) is 0 Å². The van der Waals surface area contributed by atoms with Crippen LogP contribution in [-0.4, -0.2) is 5.71 Å². The molecule has 4 aromatic carbocycles. The molecular weight excluding hydrogens is 384 g/mol. The number of fused-ring (bicyclic) bond motifs is 1. The molecule has 0 heterocycles. The lowest BCUT2D eigenvalue weighted by atomic mass is 10.0. The van der Waals surface area contributed by atoms with Crippen LogP contribution in [0.3, 0.4) is 0 Å². The van der Waals surface area contributed by atoms with Gasteiger partial charge in [0, 0.05) is 21.0 Å². The van der Waals surface area contributed by atoms with Gasteiger partial charge in [-0.1, -0.05) is 94.8 Å². The largest absolute Gasteiger partial charge is 0.277 e. The van der Waals surface area contributed by atoms with Crippen LogP contribution in [0.5, 0.6) is 0 Å². The van der Waals surface area contributed by atoms with Gasteiger partial charge in [-0.2, -0.15) is 5.10 Å². The second-order valence-electron chi connectivity index (χ2n) is 5.97. The van der Waals surface area contributed by atoms with Crippen molar-refractivity contribution in [3.8, 4) is 0 Å². The van der Waals surface area contributed by atoms with E-state index < -0.39 is 0 Å². The third-order valence-electron chi connectivity index (χ3n) is 4.24. The molecule has 0 radical (unpaired) electrons. The van der Waals surface area contributed by atoms with Crippen molar-refractivity contribution in [3.63, 3.8) is 0 Å². The number of benzene rings is 4. The Morgan fingerprint density at radius 3 is 2.12 bits per heavy atom. The molecular formula is C23H17BrN2. The Kier molecular flexibility index (Phi) is 4.80. The molecule has 0 saturated heterocycles. The fourth-order valence-corrected chi connectivity index (χ4v) is 3.20. The fourth-order valence-electron chi connectivity index (χ4n) is 2.94. The molecule has 4 rings (SSSR count). The molecule has 1 N–H and O–H groups in total. The van der Waals surface area contributed by atoms with Crippen LogP contribution in [-0.2, 0) is 0 Å². The van der Waals surface area contributed by atoms with Gasteiger partial charge in [-0.15, -0.1) is 0 Å². The van der Waals surface area contributed by atoms with E-state index in [1.54, 1.807) is 0 Å². The van der Waals surface area contributed by atoms with E-state index in [4.69, 9.17) is 5.10 Å². The molecule has 0 spiro atoms. The van der Waals surface area contributed by atoms with E-state index >= 15 is 0 Å². The smallest absolute Gasteiger partial charge is 0.0977 e. The molecule has 0 aliphatic heterocycles. The summed E-state index contributed by atoms with van der Waals surface area (Å²) < 4.78 is 1.05. The average molecular weight is 401 g/mol. The van der Waals surface area contributed by atoms with Crippen molar-refractivity contribution in [2.45, 2.75) is 0 Å². The van der Waals surface area contributed by atoms with Crippen LogP contribution in [0, 0.1) is 0 Å². The van der Waals surface area contributed by atoms with Gasteiger partial charge in [0.25, 0.3) is 0 Å². The van der Waals surface area contributed by atoms with E-state index in [9.17, 15) is 0 Å². The molecule has 126 valence electrons. The van der Waals surface area contributed by atoms with Crippen molar-refractivity contribution in [2.24, 2.45) is 5.10 Å². The third-order valence-corrected chi connectivity index (χ3v) is 4.77. The summed E-state index contributed by atoms with van der Waals surface area (Å²) in [6, 6.07) is 32.9. The van der Waals surface area contributed by atoms with Crippen LogP contribution in [0.25, 0.3) is 10.8 Å². The number of hydrogen-bond donors (Lipinski definition) is 1. The van der Waals surface area contributed by atoms with Crippen LogP contribution in [0.4, 0.5) is 5.69 Å². The maximum Gasteiger partial charge on any atom is 0.0977 e. The molecule has 0 aromatic heterocycles. The lowest BCUT2D eigenvalue weighted by Crippen LogP contribution is -2.06. The molecule has 0 aliphatic carbocycles. The molecule has 3 heteroatoms. The Hall–Kier alpha value is -2.91. The van der Waals surface area contributed by atoms with Crippen LogP contribution < -0.4 is 5.43 Å². The summed E-state index contributed by atoms with van der Waals surface area (Å²) in [5.41, 5.74) is 7.31. The van der Waals surface area contributed by atoms with E-state index in [-0.39, 0.29) is 0 Å². The molecule has 4 aromatic rings. The minimum absolute atomic E-state index is 0.908. The molecule has 0 aliphatic rings. The second kappa shape index (κ2) is 7.54. The minimum Gasteiger partial charge on any atom is -0.277 e. The summed E-state index contributed by atoms with van der Waals surface area (Å²) in [6.45, 7) is 0. The van der Waals surface area contributed by atoms with Crippen molar-refractivity contribution in [2.75, 3.05) is 5.43 Å². The van der Waals surface area contributed by atoms with Gasteiger partial charge in [-0.25, -0.2) is 0 Å². The topological polar surface area (TPSA) is 24.4 Å². The highest BCUT2D eigenvalue weighted by Gasteiger charge is 2.07. The summed E-state index contributed by atoms with van der Waals surface area (Å²) in [5.74, 6) is 0. The number of halogens is 1. The second-order valence-corrected chi connectivity index (χ2v) is 6.89. The Morgan fingerprint density at radius 2 is 1.31 bits per heavy atom. The van der Waals surface area contributed by atoms with E-state index in [1.807, 2.05) is 48.5 Å². The highest BCUT2D eigenvalue weighted by Crippen LogP contribution is 2.23. The summed E-state index contributed by atoms with van der Waals surface area (Å²) in [7, 11) is 0. The first kappa shape index (κ1) is 16.6. The predicted octanol–water partition coefficient (Wildman–Crippen LogP) is 6.47. The first-order chi connectivity index (χ1) is 12.8. The zero-order valence-electron chi connectivity index (χ0n) is 14.1. The van der Waals surface area contributed by atoms with Crippen molar-refractivity contribution in [1.29, 1.82) is 0 Å². The average Bonchev–Trinajstić information content (AvgIpc) is 2.70. The van der Waals surface area contributed by atoms with Crippen molar-refractivity contribution < 1.29 is 0 Å². The number of nitrogens with zero attached hydrogens (tertiary/aromatic N) is 1. The number of anilines is 1. The summed E-state index contributed by atoms with van der Waals surface area (Å²) in [5, 5.41) is 7.11.